The molecular formula is C26H30FN7O2. The molecule has 1 aliphatic rings. The van der Waals surface area contributed by atoms with Crippen LogP contribution in [0.5, 0.6) is 0 Å². The Hall–Kier alpha value is -3.63. The van der Waals surface area contributed by atoms with Crippen molar-refractivity contribution in [3.8, 4) is 5.82 Å². The number of hydrogen-bond acceptors (Lipinski definition) is 7. The van der Waals surface area contributed by atoms with Gasteiger partial charge in [0.05, 0.1) is 12.3 Å². The molecule has 1 aromatic carbocycles. The van der Waals surface area contributed by atoms with E-state index in [2.05, 4.69) is 37.7 Å². The van der Waals surface area contributed by atoms with Crippen molar-refractivity contribution in [2.24, 2.45) is 0 Å². The Bertz CT molecular complexity index is 1510. The van der Waals surface area contributed by atoms with Gasteiger partial charge in [-0.2, -0.15) is 4.98 Å². The number of halogens is 1. The average Bonchev–Trinajstić information content (AvgIpc) is 3.15. The monoisotopic (exact) mass is 491 g/mol. The van der Waals surface area contributed by atoms with Crippen LogP contribution in [0.25, 0.3) is 16.9 Å². The topological polar surface area (TPSA) is 110 Å². The maximum absolute atomic E-state index is 15.2. The smallest absolute Gasteiger partial charge is 0.278 e. The molecule has 0 spiro atoms. The first-order valence-corrected chi connectivity index (χ1v) is 12.1. The van der Waals surface area contributed by atoms with Crippen molar-refractivity contribution >= 4 is 22.7 Å². The van der Waals surface area contributed by atoms with Crippen LogP contribution in [0.2, 0.25) is 0 Å². The van der Waals surface area contributed by atoms with Crippen LogP contribution < -0.4 is 16.2 Å². The Kier molecular flexibility index (Phi) is 6.09. The molecule has 1 aliphatic heterocycles. The number of pyridine rings is 1. The Morgan fingerprint density at radius 2 is 2.00 bits per heavy atom. The van der Waals surface area contributed by atoms with Crippen LogP contribution in [0.1, 0.15) is 50.6 Å². The molecule has 0 amide bonds. The molecule has 0 unspecified atom stereocenters. The van der Waals surface area contributed by atoms with E-state index in [0.29, 0.717) is 11.6 Å². The van der Waals surface area contributed by atoms with Crippen LogP contribution >= 0.6 is 0 Å². The van der Waals surface area contributed by atoms with E-state index in [-0.39, 0.29) is 35.1 Å². The lowest BCUT2D eigenvalue weighted by atomic mass is 9.90. The predicted molar refractivity (Wildman–Crippen MR) is 137 cm³/mol. The van der Waals surface area contributed by atoms with Crippen LogP contribution in [0.3, 0.4) is 0 Å². The lowest BCUT2D eigenvalue weighted by molar-refractivity contribution is 0.215. The van der Waals surface area contributed by atoms with Gasteiger partial charge in [-0.1, -0.05) is 19.9 Å². The van der Waals surface area contributed by atoms with Crippen molar-refractivity contribution in [3.63, 3.8) is 0 Å². The van der Waals surface area contributed by atoms with Gasteiger partial charge >= 0.3 is 0 Å². The Labute approximate surface area is 208 Å². The average molecular weight is 492 g/mol. The van der Waals surface area contributed by atoms with E-state index in [1.54, 1.807) is 6.07 Å². The number of aromatic nitrogens is 5. The number of benzene rings is 1. The van der Waals surface area contributed by atoms with Gasteiger partial charge in [-0.05, 0) is 62.2 Å². The maximum Gasteiger partial charge on any atom is 0.278 e. The van der Waals surface area contributed by atoms with Gasteiger partial charge in [0.2, 0.25) is 5.95 Å². The van der Waals surface area contributed by atoms with Crippen LogP contribution in [0, 0.1) is 5.82 Å². The molecule has 36 heavy (non-hydrogen) atoms. The normalized spacial score (nSPS) is 13.9. The summed E-state index contributed by atoms with van der Waals surface area (Å²) < 4.78 is 18.1. The molecular weight excluding hydrogens is 461 g/mol. The SMILES string of the molecule is CC(C)n1c(=O)c2cnc(Nc3ccc4c(c3)CCNC4)nc2n1-c1nc(C(C)(C)CO)ccc1F. The zero-order valence-electron chi connectivity index (χ0n) is 20.8. The van der Waals surface area contributed by atoms with E-state index in [1.807, 2.05) is 33.8 Å². The van der Waals surface area contributed by atoms with Gasteiger partial charge in [-0.15, -0.1) is 0 Å². The fourth-order valence-corrected chi connectivity index (χ4v) is 4.45. The first kappa shape index (κ1) is 24.1. The highest BCUT2D eigenvalue weighted by molar-refractivity contribution is 5.77. The van der Waals surface area contributed by atoms with Gasteiger partial charge in [-0.3, -0.25) is 4.79 Å². The number of aliphatic hydroxyl groups is 1. The first-order valence-electron chi connectivity index (χ1n) is 12.1. The molecule has 0 fully saturated rings. The summed E-state index contributed by atoms with van der Waals surface area (Å²) in [5.41, 5.74) is 3.08. The molecule has 0 radical (unpaired) electrons. The molecule has 9 nitrogen and oxygen atoms in total. The highest BCUT2D eigenvalue weighted by Gasteiger charge is 2.26. The Balaban J connectivity index is 1.66. The van der Waals surface area contributed by atoms with E-state index >= 15 is 4.39 Å². The number of fused-ring (bicyclic) bond motifs is 2. The molecule has 4 heterocycles. The Morgan fingerprint density at radius 3 is 2.75 bits per heavy atom. The van der Waals surface area contributed by atoms with Crippen LogP contribution in [0.4, 0.5) is 16.0 Å². The fourth-order valence-electron chi connectivity index (χ4n) is 4.45. The minimum atomic E-state index is -0.696. The zero-order chi connectivity index (χ0) is 25.6. The predicted octanol–water partition coefficient (Wildman–Crippen LogP) is 3.36. The maximum atomic E-state index is 15.2. The lowest BCUT2D eigenvalue weighted by Crippen LogP contribution is -2.27. The van der Waals surface area contributed by atoms with E-state index < -0.39 is 11.2 Å². The minimum absolute atomic E-state index is 0.0549. The molecule has 3 aromatic heterocycles. The molecule has 0 saturated carbocycles. The van der Waals surface area contributed by atoms with Gasteiger partial charge in [0.25, 0.3) is 5.56 Å². The third-order valence-corrected chi connectivity index (χ3v) is 6.58. The lowest BCUT2D eigenvalue weighted by Gasteiger charge is -2.23. The summed E-state index contributed by atoms with van der Waals surface area (Å²) in [4.78, 5) is 26.8. The second-order valence-corrected chi connectivity index (χ2v) is 10.1. The highest BCUT2D eigenvalue weighted by atomic mass is 19.1. The van der Waals surface area contributed by atoms with E-state index in [4.69, 9.17) is 0 Å². The zero-order valence-corrected chi connectivity index (χ0v) is 20.8. The van der Waals surface area contributed by atoms with Crippen molar-refractivity contribution in [2.45, 2.75) is 52.1 Å². The van der Waals surface area contributed by atoms with E-state index in [0.717, 1.165) is 25.2 Å². The first-order chi connectivity index (χ1) is 17.2. The minimum Gasteiger partial charge on any atom is -0.395 e. The molecule has 188 valence electrons. The standard InChI is InChI=1S/C26H30FN7O2/c1-15(2)33-24(36)19-13-29-25(30-18-6-5-17-12-28-10-9-16(17)11-18)32-22(19)34(33)23-20(27)7-8-21(31-23)26(3,4)14-35/h5-8,11,13,15,28,35H,9-10,12,14H2,1-4H3,(H,29,30,32). The van der Waals surface area contributed by atoms with Crippen molar-refractivity contribution < 1.29 is 9.50 Å². The van der Waals surface area contributed by atoms with E-state index in [9.17, 15) is 9.90 Å². The van der Waals surface area contributed by atoms with Crippen molar-refractivity contribution in [2.75, 3.05) is 18.5 Å². The number of nitrogens with zero attached hydrogens (tertiary/aromatic N) is 5. The molecule has 10 heteroatoms. The van der Waals surface area contributed by atoms with Gasteiger partial charge < -0.3 is 15.7 Å². The second kappa shape index (κ2) is 9.11. The third-order valence-electron chi connectivity index (χ3n) is 6.58. The summed E-state index contributed by atoms with van der Waals surface area (Å²) in [5.74, 6) is -0.366. The highest BCUT2D eigenvalue weighted by Crippen LogP contribution is 2.26. The molecule has 4 aromatic rings. The van der Waals surface area contributed by atoms with Gasteiger partial charge in [-0.25, -0.2) is 23.7 Å². The van der Waals surface area contributed by atoms with Gasteiger partial charge in [0.15, 0.2) is 17.3 Å². The molecule has 0 bridgehead atoms. The summed E-state index contributed by atoms with van der Waals surface area (Å²) in [5, 5.41) is 16.7. The summed E-state index contributed by atoms with van der Waals surface area (Å²) in [6.45, 7) is 8.92. The van der Waals surface area contributed by atoms with Crippen LogP contribution in [-0.2, 0) is 18.4 Å². The molecule has 5 rings (SSSR count). The molecule has 3 N–H and O–H groups in total. The third kappa shape index (κ3) is 4.16. The van der Waals surface area contributed by atoms with Gasteiger partial charge in [0, 0.05) is 29.9 Å². The molecule has 0 atom stereocenters. The summed E-state index contributed by atoms with van der Waals surface area (Å²) >= 11 is 0. The summed E-state index contributed by atoms with van der Waals surface area (Å²) in [6.07, 6.45) is 2.40. The van der Waals surface area contributed by atoms with Crippen LogP contribution in [-0.4, -0.2) is 42.6 Å². The number of rotatable bonds is 6. The van der Waals surface area contributed by atoms with Crippen molar-refractivity contribution in [1.82, 2.24) is 29.6 Å². The molecule has 0 saturated heterocycles. The quantitative estimate of drug-likeness (QED) is 0.379. The fraction of sp³-hybridized carbons (Fsp3) is 0.385. The molecule has 0 aliphatic carbocycles. The van der Waals surface area contributed by atoms with E-state index in [1.165, 1.54) is 32.8 Å². The van der Waals surface area contributed by atoms with Crippen LogP contribution in [0.15, 0.2) is 41.3 Å². The summed E-state index contributed by atoms with van der Waals surface area (Å²) in [7, 11) is 0. The van der Waals surface area contributed by atoms with Crippen molar-refractivity contribution in [3.05, 3.63) is 69.5 Å². The second-order valence-electron chi connectivity index (χ2n) is 10.1. The number of anilines is 2. The number of aliphatic hydroxyl groups excluding tert-OH is 1. The largest absolute Gasteiger partial charge is 0.395 e. The Morgan fingerprint density at radius 1 is 1.19 bits per heavy atom. The number of nitrogens with one attached hydrogen (secondary N) is 2. The summed E-state index contributed by atoms with van der Waals surface area (Å²) in [6, 6.07) is 8.67. The number of hydrogen-bond donors (Lipinski definition) is 3. The van der Waals surface area contributed by atoms with Gasteiger partial charge in [0.1, 0.15) is 5.39 Å². The van der Waals surface area contributed by atoms with Crippen molar-refractivity contribution in [1.29, 1.82) is 0 Å².